The fourth-order valence-electron chi connectivity index (χ4n) is 5.10. The monoisotopic (exact) mass is 525 g/mol. The van der Waals surface area contributed by atoms with Crippen LogP contribution in [0.1, 0.15) is 19.4 Å². The number of benzene rings is 5. The maximum absolute atomic E-state index is 12.8. The van der Waals surface area contributed by atoms with Gasteiger partial charge in [-0.25, -0.2) is 0 Å². The summed E-state index contributed by atoms with van der Waals surface area (Å²) in [6.07, 6.45) is 0. The Balaban J connectivity index is 1.95. The van der Waals surface area contributed by atoms with Crippen LogP contribution in [0.25, 0.3) is 52.8 Å². The molecular formula is C29H20BrNO2S. The van der Waals surface area contributed by atoms with Crippen LogP contribution in [0.5, 0.6) is 0 Å². The molecule has 0 aliphatic carbocycles. The molecule has 0 saturated heterocycles. The molecule has 6 aromatic rings. The fourth-order valence-corrected chi connectivity index (χ4v) is 6.68. The molecule has 0 amide bonds. The molecule has 0 aliphatic rings. The van der Waals surface area contributed by atoms with E-state index in [9.17, 15) is 10.1 Å². The van der Waals surface area contributed by atoms with Crippen LogP contribution in [0.4, 0.5) is 5.69 Å². The van der Waals surface area contributed by atoms with Crippen LogP contribution in [-0.4, -0.2) is 4.92 Å². The van der Waals surface area contributed by atoms with Crippen molar-refractivity contribution >= 4 is 74.7 Å². The first-order chi connectivity index (χ1) is 16.4. The summed E-state index contributed by atoms with van der Waals surface area (Å²) < 4.78 is 1.41. The van der Waals surface area contributed by atoms with E-state index in [1.165, 1.54) is 11.3 Å². The molecule has 0 unspecified atom stereocenters. The molecule has 1 aromatic heterocycles. The Morgan fingerprint density at radius 1 is 0.765 bits per heavy atom. The fraction of sp³-hybridized carbons (Fsp3) is 0.103. The lowest BCUT2D eigenvalue weighted by atomic mass is 9.84. The second kappa shape index (κ2) is 7.62. The van der Waals surface area contributed by atoms with Crippen molar-refractivity contribution < 1.29 is 4.92 Å². The lowest BCUT2D eigenvalue weighted by molar-refractivity contribution is -0.382. The van der Waals surface area contributed by atoms with Gasteiger partial charge in [0.15, 0.2) is 0 Å². The lowest BCUT2D eigenvalue weighted by Gasteiger charge is -2.24. The van der Waals surface area contributed by atoms with Crippen molar-refractivity contribution in [3.05, 3.63) is 101 Å². The van der Waals surface area contributed by atoms with E-state index in [2.05, 4.69) is 66.2 Å². The van der Waals surface area contributed by atoms with E-state index in [-0.39, 0.29) is 14.9 Å². The maximum Gasteiger partial charge on any atom is 0.295 e. The van der Waals surface area contributed by atoms with Gasteiger partial charge in [0.05, 0.1) is 10.5 Å². The first-order valence-electron chi connectivity index (χ1n) is 11.1. The van der Waals surface area contributed by atoms with Gasteiger partial charge in [-0.3, -0.25) is 10.1 Å². The molecule has 3 nitrogen and oxygen atoms in total. The predicted octanol–water partition coefficient (Wildman–Crippen LogP) is 9.57. The van der Waals surface area contributed by atoms with Crippen LogP contribution in [-0.2, 0) is 4.32 Å². The predicted molar refractivity (Wildman–Crippen MR) is 148 cm³/mol. The van der Waals surface area contributed by atoms with Gasteiger partial charge in [-0.15, -0.1) is 11.3 Å². The molecule has 0 saturated carbocycles. The SMILES string of the molecule is CC(C)(Br)c1ccc2ccccc2c1-c1c([N+](=O)[O-])c2sc3ccccc3c2c2ccccc12. The highest BCUT2D eigenvalue weighted by molar-refractivity contribution is 9.09. The zero-order valence-corrected chi connectivity index (χ0v) is 21.0. The Bertz CT molecular complexity index is 1780. The van der Waals surface area contributed by atoms with Crippen molar-refractivity contribution in [2.24, 2.45) is 0 Å². The third kappa shape index (κ3) is 3.07. The number of fused-ring (bicyclic) bond motifs is 6. The summed E-state index contributed by atoms with van der Waals surface area (Å²) in [6.45, 7) is 4.18. The number of hydrogen-bond donors (Lipinski definition) is 0. The number of alkyl halides is 1. The zero-order valence-electron chi connectivity index (χ0n) is 18.6. The zero-order chi connectivity index (χ0) is 23.6. The summed E-state index contributed by atoms with van der Waals surface area (Å²) in [5.41, 5.74) is 2.82. The first kappa shape index (κ1) is 21.3. The summed E-state index contributed by atoms with van der Waals surface area (Å²) in [4.78, 5) is 12.6. The Hall–Kier alpha value is -3.28. The molecule has 34 heavy (non-hydrogen) atoms. The number of nitrogens with zero attached hydrogens (tertiary/aromatic N) is 1. The van der Waals surface area contributed by atoms with Gasteiger partial charge in [-0.05, 0) is 47.0 Å². The van der Waals surface area contributed by atoms with Crippen LogP contribution in [0.15, 0.2) is 84.9 Å². The van der Waals surface area contributed by atoms with E-state index in [1.807, 2.05) is 48.5 Å². The van der Waals surface area contributed by atoms with Gasteiger partial charge in [0.2, 0.25) is 0 Å². The van der Waals surface area contributed by atoms with Crippen LogP contribution in [0.2, 0.25) is 0 Å². The number of halogens is 1. The van der Waals surface area contributed by atoms with Crippen LogP contribution in [0.3, 0.4) is 0 Å². The largest absolute Gasteiger partial charge is 0.295 e. The Kier molecular flexibility index (Phi) is 4.77. The Morgan fingerprint density at radius 2 is 1.38 bits per heavy atom. The number of nitro groups is 1. The third-order valence-electron chi connectivity index (χ3n) is 6.52. The third-order valence-corrected chi connectivity index (χ3v) is 8.12. The van der Waals surface area contributed by atoms with E-state index >= 15 is 0 Å². The average Bonchev–Trinajstić information content (AvgIpc) is 3.21. The van der Waals surface area contributed by atoms with Gasteiger partial charge in [0, 0.05) is 25.4 Å². The van der Waals surface area contributed by atoms with Crippen molar-refractivity contribution in [2.75, 3.05) is 0 Å². The second-order valence-electron chi connectivity index (χ2n) is 9.01. The Morgan fingerprint density at radius 3 is 2.09 bits per heavy atom. The minimum Gasteiger partial charge on any atom is -0.258 e. The van der Waals surface area contributed by atoms with Gasteiger partial charge in [-0.2, -0.15) is 0 Å². The van der Waals surface area contributed by atoms with Crippen molar-refractivity contribution in [3.8, 4) is 11.1 Å². The highest BCUT2D eigenvalue weighted by Gasteiger charge is 2.32. The summed E-state index contributed by atoms with van der Waals surface area (Å²) in [7, 11) is 0. The molecule has 1 heterocycles. The van der Waals surface area contributed by atoms with E-state index in [0.29, 0.717) is 5.56 Å². The summed E-state index contributed by atoms with van der Waals surface area (Å²) in [6, 6.07) is 28.5. The summed E-state index contributed by atoms with van der Waals surface area (Å²) >= 11 is 5.36. The number of thiophene rings is 1. The molecule has 0 radical (unpaired) electrons. The topological polar surface area (TPSA) is 43.1 Å². The molecule has 0 fully saturated rings. The highest BCUT2D eigenvalue weighted by atomic mass is 79.9. The smallest absolute Gasteiger partial charge is 0.258 e. The Labute approximate surface area is 208 Å². The maximum atomic E-state index is 12.8. The van der Waals surface area contributed by atoms with E-state index < -0.39 is 0 Å². The molecule has 0 aliphatic heterocycles. The first-order valence-corrected chi connectivity index (χ1v) is 12.7. The van der Waals surface area contributed by atoms with E-state index in [4.69, 9.17) is 0 Å². The number of hydrogen-bond acceptors (Lipinski definition) is 3. The molecule has 166 valence electrons. The van der Waals surface area contributed by atoms with E-state index in [0.717, 1.165) is 52.8 Å². The molecular weight excluding hydrogens is 506 g/mol. The highest BCUT2D eigenvalue weighted by Crippen LogP contribution is 2.52. The molecule has 5 heteroatoms. The van der Waals surface area contributed by atoms with Crippen LogP contribution < -0.4 is 0 Å². The van der Waals surface area contributed by atoms with Crippen molar-refractivity contribution in [1.29, 1.82) is 0 Å². The minimum atomic E-state index is -0.379. The summed E-state index contributed by atoms with van der Waals surface area (Å²) in [5.74, 6) is 0. The van der Waals surface area contributed by atoms with Gasteiger partial charge in [0.25, 0.3) is 5.69 Å². The molecule has 6 rings (SSSR count). The molecule has 5 aromatic carbocycles. The van der Waals surface area contributed by atoms with E-state index in [1.54, 1.807) is 0 Å². The lowest BCUT2D eigenvalue weighted by Crippen LogP contribution is -2.10. The van der Waals surface area contributed by atoms with Crippen molar-refractivity contribution in [1.82, 2.24) is 0 Å². The van der Waals surface area contributed by atoms with Gasteiger partial charge < -0.3 is 0 Å². The van der Waals surface area contributed by atoms with Crippen LogP contribution >= 0.6 is 27.3 Å². The van der Waals surface area contributed by atoms with Crippen LogP contribution in [0, 0.1) is 10.1 Å². The molecule has 0 bridgehead atoms. The quantitative estimate of drug-likeness (QED) is 0.131. The average molecular weight is 526 g/mol. The molecule has 0 N–H and O–H groups in total. The van der Waals surface area contributed by atoms with Crippen molar-refractivity contribution in [3.63, 3.8) is 0 Å². The van der Waals surface area contributed by atoms with Gasteiger partial charge in [0.1, 0.15) is 4.70 Å². The molecule has 0 atom stereocenters. The normalized spacial score (nSPS) is 12.2. The minimum absolute atomic E-state index is 0.184. The summed E-state index contributed by atoms with van der Waals surface area (Å²) in [5, 5.41) is 18.9. The number of nitro benzene ring substituents is 1. The number of rotatable bonds is 3. The second-order valence-corrected chi connectivity index (χ2v) is 12.0. The standard InChI is InChI=1S/C29H20BrNO2S/c1-29(2,30)22-16-15-17-9-3-4-10-18(17)25(22)26-20-12-6-5-11-19(20)24-21-13-7-8-14-23(21)34-28(24)27(26)31(32)33/h3-16H,1-2H3. The van der Waals surface area contributed by atoms with Crippen molar-refractivity contribution in [2.45, 2.75) is 18.2 Å². The van der Waals surface area contributed by atoms with Gasteiger partial charge in [-0.1, -0.05) is 94.8 Å². The molecule has 0 spiro atoms. The van der Waals surface area contributed by atoms with Gasteiger partial charge >= 0.3 is 0 Å².